The first-order valence-electron chi connectivity index (χ1n) is 6.86. The van der Waals surface area contributed by atoms with Gasteiger partial charge in [0.1, 0.15) is 0 Å². The van der Waals surface area contributed by atoms with Crippen molar-refractivity contribution in [2.75, 3.05) is 0 Å². The summed E-state index contributed by atoms with van der Waals surface area (Å²) in [6.45, 7) is 3.91. The quantitative estimate of drug-likeness (QED) is 0.477. The van der Waals surface area contributed by atoms with Crippen molar-refractivity contribution in [2.45, 2.75) is 24.0 Å². The van der Waals surface area contributed by atoms with E-state index in [4.69, 9.17) is 0 Å². The summed E-state index contributed by atoms with van der Waals surface area (Å²) < 4.78 is 1.01. The lowest BCUT2D eigenvalue weighted by molar-refractivity contribution is -0.120. The zero-order valence-electron chi connectivity index (χ0n) is 12.4. The minimum absolute atomic E-state index is 0.112. The molecule has 0 saturated heterocycles. The molecule has 0 unspecified atom stereocenters. The fraction of sp³-hybridized carbons (Fsp3) is 0.176. The van der Waals surface area contributed by atoms with Crippen LogP contribution in [0, 0.1) is 6.92 Å². The van der Waals surface area contributed by atoms with Crippen LogP contribution in [-0.2, 0) is 4.79 Å². The first-order chi connectivity index (χ1) is 10.5. The Bertz CT molecular complexity index is 653. The molecule has 0 fully saturated rings. The van der Waals surface area contributed by atoms with Crippen molar-refractivity contribution in [3.63, 3.8) is 0 Å². The largest absolute Gasteiger partial charge is 0.272 e. The molecule has 1 atom stereocenters. The number of thioether (sulfide) groups is 1. The van der Waals surface area contributed by atoms with Gasteiger partial charge < -0.3 is 0 Å². The van der Waals surface area contributed by atoms with Crippen LogP contribution in [-0.4, -0.2) is 17.4 Å². The Hall–Kier alpha value is -1.59. The van der Waals surface area contributed by atoms with Gasteiger partial charge in [-0.1, -0.05) is 45.8 Å². The minimum Gasteiger partial charge on any atom is -0.272 e. The van der Waals surface area contributed by atoms with E-state index in [1.165, 1.54) is 17.3 Å². The summed E-state index contributed by atoms with van der Waals surface area (Å²) in [5.74, 6) is -0.112. The standard InChI is InChI=1S/C17H17BrN2OS/c1-12-3-9-16(10-4-12)22-13(2)17(21)20-19-11-14-5-7-15(18)8-6-14/h3-11,13H,1-2H3,(H,20,21)/b19-11-/t13-/m1/s1. The smallest absolute Gasteiger partial charge is 0.253 e. The van der Waals surface area contributed by atoms with Crippen LogP contribution in [0.3, 0.4) is 0 Å². The van der Waals surface area contributed by atoms with Gasteiger partial charge in [-0.25, -0.2) is 5.43 Å². The summed E-state index contributed by atoms with van der Waals surface area (Å²) in [7, 11) is 0. The fourth-order valence-corrected chi connectivity index (χ4v) is 2.81. The van der Waals surface area contributed by atoms with Gasteiger partial charge in [-0.2, -0.15) is 5.10 Å². The van der Waals surface area contributed by atoms with Crippen LogP contribution in [0.2, 0.25) is 0 Å². The van der Waals surface area contributed by atoms with Crippen LogP contribution in [0.25, 0.3) is 0 Å². The van der Waals surface area contributed by atoms with E-state index in [1.807, 2.05) is 62.4 Å². The zero-order valence-corrected chi connectivity index (χ0v) is 14.8. The van der Waals surface area contributed by atoms with Crippen LogP contribution in [0.5, 0.6) is 0 Å². The molecular weight excluding hydrogens is 360 g/mol. The summed E-state index contributed by atoms with van der Waals surface area (Å²) in [4.78, 5) is 13.1. The van der Waals surface area contributed by atoms with Gasteiger partial charge in [0.15, 0.2) is 0 Å². The third kappa shape index (κ3) is 5.31. The maximum absolute atomic E-state index is 12.0. The first kappa shape index (κ1) is 16.8. The monoisotopic (exact) mass is 376 g/mol. The Balaban J connectivity index is 1.85. The van der Waals surface area contributed by atoms with Gasteiger partial charge in [-0.15, -0.1) is 11.8 Å². The zero-order chi connectivity index (χ0) is 15.9. The minimum atomic E-state index is -0.204. The van der Waals surface area contributed by atoms with Crippen LogP contribution in [0.15, 0.2) is 63.0 Å². The van der Waals surface area contributed by atoms with Crippen molar-refractivity contribution in [1.82, 2.24) is 5.43 Å². The molecule has 3 nitrogen and oxygen atoms in total. The maximum atomic E-state index is 12.0. The molecule has 0 bridgehead atoms. The van der Waals surface area contributed by atoms with Gasteiger partial charge in [-0.05, 0) is 43.7 Å². The predicted octanol–water partition coefficient (Wildman–Crippen LogP) is 4.39. The Morgan fingerprint density at radius 1 is 1.18 bits per heavy atom. The van der Waals surface area contributed by atoms with Gasteiger partial charge in [0.2, 0.25) is 0 Å². The van der Waals surface area contributed by atoms with Crippen molar-refractivity contribution in [3.05, 3.63) is 64.1 Å². The number of amides is 1. The molecular formula is C17H17BrN2OS. The highest BCUT2D eigenvalue weighted by molar-refractivity contribution is 9.10. The van der Waals surface area contributed by atoms with E-state index in [0.717, 1.165) is 14.9 Å². The van der Waals surface area contributed by atoms with E-state index in [1.54, 1.807) is 6.21 Å². The van der Waals surface area contributed by atoms with Gasteiger partial charge in [0.05, 0.1) is 11.5 Å². The number of hydrogen-bond acceptors (Lipinski definition) is 3. The molecule has 0 spiro atoms. The summed E-state index contributed by atoms with van der Waals surface area (Å²) >= 11 is 4.89. The average Bonchev–Trinajstić information content (AvgIpc) is 2.51. The van der Waals surface area contributed by atoms with Gasteiger partial charge in [-0.3, -0.25) is 4.79 Å². The highest BCUT2D eigenvalue weighted by Crippen LogP contribution is 2.23. The molecule has 0 aromatic heterocycles. The fourth-order valence-electron chi connectivity index (χ4n) is 1.68. The number of halogens is 1. The number of hydrogen-bond donors (Lipinski definition) is 1. The molecule has 5 heteroatoms. The molecule has 2 aromatic carbocycles. The highest BCUT2D eigenvalue weighted by Gasteiger charge is 2.13. The second-order valence-electron chi connectivity index (χ2n) is 4.86. The number of aryl methyl sites for hydroxylation is 1. The van der Waals surface area contributed by atoms with Crippen molar-refractivity contribution in [3.8, 4) is 0 Å². The van der Waals surface area contributed by atoms with E-state index < -0.39 is 0 Å². The van der Waals surface area contributed by atoms with Crippen molar-refractivity contribution in [1.29, 1.82) is 0 Å². The molecule has 2 aromatic rings. The van der Waals surface area contributed by atoms with E-state index in [2.05, 4.69) is 26.5 Å². The van der Waals surface area contributed by atoms with Crippen molar-refractivity contribution in [2.24, 2.45) is 5.10 Å². The molecule has 0 saturated carbocycles. The van der Waals surface area contributed by atoms with E-state index in [9.17, 15) is 4.79 Å². The van der Waals surface area contributed by atoms with Gasteiger partial charge in [0.25, 0.3) is 5.91 Å². The predicted molar refractivity (Wildman–Crippen MR) is 96.4 cm³/mol. The second kappa shape index (κ2) is 8.15. The molecule has 22 heavy (non-hydrogen) atoms. The Kier molecular flexibility index (Phi) is 6.21. The molecule has 0 aliphatic carbocycles. The molecule has 0 radical (unpaired) electrons. The summed E-state index contributed by atoms with van der Waals surface area (Å²) in [5.41, 5.74) is 4.72. The first-order valence-corrected chi connectivity index (χ1v) is 8.53. The van der Waals surface area contributed by atoms with Crippen molar-refractivity contribution >= 4 is 39.8 Å². The van der Waals surface area contributed by atoms with Crippen LogP contribution in [0.4, 0.5) is 0 Å². The molecule has 2 rings (SSSR count). The van der Waals surface area contributed by atoms with Crippen LogP contribution in [0.1, 0.15) is 18.1 Å². The number of rotatable bonds is 5. The molecule has 0 heterocycles. The molecule has 1 amide bonds. The Labute approximate surface area is 143 Å². The second-order valence-corrected chi connectivity index (χ2v) is 7.19. The number of nitrogens with one attached hydrogen (secondary N) is 1. The van der Waals surface area contributed by atoms with Gasteiger partial charge in [0, 0.05) is 9.37 Å². The SMILES string of the molecule is Cc1ccc(S[C@H](C)C(=O)N/N=C\c2ccc(Br)cc2)cc1. The molecule has 1 N–H and O–H groups in total. The maximum Gasteiger partial charge on any atom is 0.253 e. The molecule has 114 valence electrons. The third-order valence-corrected chi connectivity index (χ3v) is 4.60. The van der Waals surface area contributed by atoms with E-state index in [-0.39, 0.29) is 11.2 Å². The van der Waals surface area contributed by atoms with E-state index in [0.29, 0.717) is 0 Å². The lowest BCUT2D eigenvalue weighted by Gasteiger charge is -2.09. The summed E-state index contributed by atoms with van der Waals surface area (Å²) in [5, 5.41) is 3.79. The molecule has 0 aliphatic heterocycles. The Morgan fingerprint density at radius 2 is 1.82 bits per heavy atom. The topological polar surface area (TPSA) is 41.5 Å². The third-order valence-electron chi connectivity index (χ3n) is 2.96. The molecule has 0 aliphatic rings. The van der Waals surface area contributed by atoms with Crippen molar-refractivity contribution < 1.29 is 4.79 Å². The summed E-state index contributed by atoms with van der Waals surface area (Å²) in [6.07, 6.45) is 1.63. The number of carbonyl (C=O) groups excluding carboxylic acids is 1. The van der Waals surface area contributed by atoms with Crippen LogP contribution >= 0.6 is 27.7 Å². The van der Waals surface area contributed by atoms with E-state index >= 15 is 0 Å². The average molecular weight is 377 g/mol. The number of benzene rings is 2. The number of carbonyl (C=O) groups is 1. The lowest BCUT2D eigenvalue weighted by atomic mass is 10.2. The van der Waals surface area contributed by atoms with Crippen LogP contribution < -0.4 is 5.43 Å². The lowest BCUT2D eigenvalue weighted by Crippen LogP contribution is -2.26. The summed E-state index contributed by atoms with van der Waals surface area (Å²) in [6, 6.07) is 15.8. The number of nitrogens with zero attached hydrogens (tertiary/aromatic N) is 1. The van der Waals surface area contributed by atoms with Gasteiger partial charge >= 0.3 is 0 Å². The number of hydrazone groups is 1. The normalized spacial score (nSPS) is 12.3. The highest BCUT2D eigenvalue weighted by atomic mass is 79.9. The Morgan fingerprint density at radius 3 is 2.45 bits per heavy atom.